The van der Waals surface area contributed by atoms with Crippen molar-refractivity contribution in [1.29, 1.82) is 0 Å². The van der Waals surface area contributed by atoms with E-state index in [4.69, 9.17) is 9.72 Å². The number of fused-ring (bicyclic) bond motifs is 1. The van der Waals surface area contributed by atoms with Gasteiger partial charge in [-0.3, -0.25) is 4.99 Å². The number of hydrogen-bond donors (Lipinski definition) is 1. The summed E-state index contributed by atoms with van der Waals surface area (Å²) in [5.41, 5.74) is 6.85. The van der Waals surface area contributed by atoms with Crippen LogP contribution < -0.4 is 10.1 Å². The molecule has 1 fully saturated rings. The molecule has 2 aliphatic rings. The molecule has 0 radical (unpaired) electrons. The highest BCUT2D eigenvalue weighted by molar-refractivity contribution is 5.76. The molecule has 0 bridgehead atoms. The van der Waals surface area contributed by atoms with Gasteiger partial charge in [-0.2, -0.15) is 0 Å². The van der Waals surface area contributed by atoms with Crippen LogP contribution in [0.15, 0.2) is 59.6 Å². The SMILES string of the molecule is COc1ccccc1-c1cc2c(c(Nc3ccc(C4CCN(C)CC4)cc3)n1)CN=CC2. The lowest BCUT2D eigenvalue weighted by atomic mass is 9.89. The Morgan fingerprint density at radius 1 is 1.03 bits per heavy atom. The van der Waals surface area contributed by atoms with Crippen LogP contribution in [-0.2, 0) is 13.0 Å². The van der Waals surface area contributed by atoms with Gasteiger partial charge < -0.3 is 15.0 Å². The molecule has 5 heteroatoms. The average molecular weight is 427 g/mol. The van der Waals surface area contributed by atoms with Crippen LogP contribution in [0.1, 0.15) is 35.4 Å². The lowest BCUT2D eigenvalue weighted by Crippen LogP contribution is -2.29. The number of aliphatic imine (C=N–C) groups is 1. The number of nitrogens with zero attached hydrogens (tertiary/aromatic N) is 3. The Hall–Kier alpha value is -3.18. The molecule has 1 N–H and O–H groups in total. The zero-order valence-electron chi connectivity index (χ0n) is 18.8. The van der Waals surface area contributed by atoms with Crippen molar-refractivity contribution < 1.29 is 4.74 Å². The smallest absolute Gasteiger partial charge is 0.136 e. The first-order valence-electron chi connectivity index (χ1n) is 11.4. The van der Waals surface area contributed by atoms with Gasteiger partial charge in [0.25, 0.3) is 0 Å². The molecule has 5 nitrogen and oxygen atoms in total. The first kappa shape index (κ1) is 20.7. The lowest BCUT2D eigenvalue weighted by Gasteiger charge is -2.29. The maximum atomic E-state index is 5.59. The van der Waals surface area contributed by atoms with E-state index < -0.39 is 0 Å². The number of anilines is 2. The fourth-order valence-electron chi connectivity index (χ4n) is 4.72. The Bertz CT molecular complexity index is 1120. The second-order valence-corrected chi connectivity index (χ2v) is 8.75. The van der Waals surface area contributed by atoms with Crippen molar-refractivity contribution in [3.05, 3.63) is 71.3 Å². The number of rotatable bonds is 5. The Morgan fingerprint density at radius 2 is 1.81 bits per heavy atom. The van der Waals surface area contributed by atoms with Crippen LogP contribution in [0.25, 0.3) is 11.3 Å². The highest BCUT2D eigenvalue weighted by Crippen LogP contribution is 2.34. The molecule has 0 amide bonds. The molecule has 2 aliphatic heterocycles. The predicted octanol–water partition coefficient (Wildman–Crippen LogP) is 5.44. The van der Waals surface area contributed by atoms with E-state index in [0.717, 1.165) is 34.9 Å². The van der Waals surface area contributed by atoms with Crippen LogP contribution in [-0.4, -0.2) is 43.3 Å². The van der Waals surface area contributed by atoms with E-state index in [0.29, 0.717) is 12.5 Å². The molecule has 3 aromatic rings. The quantitative estimate of drug-likeness (QED) is 0.590. The van der Waals surface area contributed by atoms with Gasteiger partial charge in [-0.1, -0.05) is 24.3 Å². The number of benzene rings is 2. The van der Waals surface area contributed by atoms with Gasteiger partial charge in [0.2, 0.25) is 0 Å². The highest BCUT2D eigenvalue weighted by atomic mass is 16.5. The first-order chi connectivity index (χ1) is 15.7. The molecule has 0 spiro atoms. The van der Waals surface area contributed by atoms with E-state index in [-0.39, 0.29) is 0 Å². The van der Waals surface area contributed by atoms with Crippen molar-refractivity contribution >= 4 is 17.7 Å². The van der Waals surface area contributed by atoms with Crippen molar-refractivity contribution in [3.8, 4) is 17.0 Å². The molecule has 1 aromatic heterocycles. The molecule has 0 saturated carbocycles. The zero-order valence-corrected chi connectivity index (χ0v) is 18.8. The molecule has 0 unspecified atom stereocenters. The summed E-state index contributed by atoms with van der Waals surface area (Å²) >= 11 is 0. The van der Waals surface area contributed by atoms with E-state index in [9.17, 15) is 0 Å². The molecular formula is C27H30N4O. The summed E-state index contributed by atoms with van der Waals surface area (Å²) in [6.45, 7) is 3.01. The van der Waals surface area contributed by atoms with Gasteiger partial charge in [0.05, 0.1) is 19.3 Å². The van der Waals surface area contributed by atoms with Crippen LogP contribution in [0.4, 0.5) is 11.5 Å². The number of piperidine rings is 1. The summed E-state index contributed by atoms with van der Waals surface area (Å²) in [4.78, 5) is 11.9. The van der Waals surface area contributed by atoms with Crippen LogP contribution >= 0.6 is 0 Å². The molecule has 2 aromatic carbocycles. The minimum absolute atomic E-state index is 0.657. The predicted molar refractivity (Wildman–Crippen MR) is 131 cm³/mol. The molecular weight excluding hydrogens is 396 g/mol. The minimum atomic E-state index is 0.657. The fraction of sp³-hybridized carbons (Fsp3) is 0.333. The molecule has 1 saturated heterocycles. The topological polar surface area (TPSA) is 49.8 Å². The minimum Gasteiger partial charge on any atom is -0.496 e. The summed E-state index contributed by atoms with van der Waals surface area (Å²) in [6.07, 6.45) is 5.28. The summed E-state index contributed by atoms with van der Waals surface area (Å²) in [5, 5.41) is 3.58. The Labute approximate surface area is 190 Å². The van der Waals surface area contributed by atoms with Crippen LogP contribution in [0, 0.1) is 0 Å². The summed E-state index contributed by atoms with van der Waals surface area (Å²) in [7, 11) is 3.91. The Morgan fingerprint density at radius 3 is 2.59 bits per heavy atom. The highest BCUT2D eigenvalue weighted by Gasteiger charge is 2.19. The van der Waals surface area contributed by atoms with Crippen molar-refractivity contribution in [1.82, 2.24) is 9.88 Å². The second kappa shape index (κ2) is 9.13. The van der Waals surface area contributed by atoms with Gasteiger partial charge in [0, 0.05) is 29.4 Å². The average Bonchev–Trinajstić information content (AvgIpc) is 2.85. The second-order valence-electron chi connectivity index (χ2n) is 8.75. The Balaban J connectivity index is 1.44. The lowest BCUT2D eigenvalue weighted by molar-refractivity contribution is 0.255. The molecule has 0 atom stereocenters. The number of hydrogen-bond acceptors (Lipinski definition) is 5. The molecule has 5 rings (SSSR count). The van der Waals surface area contributed by atoms with E-state index in [2.05, 4.69) is 58.7 Å². The molecule has 32 heavy (non-hydrogen) atoms. The van der Waals surface area contributed by atoms with Crippen LogP contribution in [0.3, 0.4) is 0 Å². The van der Waals surface area contributed by atoms with E-state index in [1.54, 1.807) is 7.11 Å². The maximum Gasteiger partial charge on any atom is 0.136 e. The van der Waals surface area contributed by atoms with Crippen molar-refractivity contribution in [2.24, 2.45) is 4.99 Å². The molecule has 0 aliphatic carbocycles. The number of ether oxygens (including phenoxy) is 1. The van der Waals surface area contributed by atoms with Crippen LogP contribution in [0.5, 0.6) is 5.75 Å². The number of likely N-dealkylation sites (tertiary alicyclic amines) is 1. The van der Waals surface area contributed by atoms with Crippen molar-refractivity contribution in [2.45, 2.75) is 31.7 Å². The van der Waals surface area contributed by atoms with Crippen LogP contribution in [0.2, 0.25) is 0 Å². The number of nitrogens with one attached hydrogen (secondary N) is 1. The summed E-state index contributed by atoms with van der Waals surface area (Å²) in [5.74, 6) is 2.37. The van der Waals surface area contributed by atoms with Gasteiger partial charge in [0.15, 0.2) is 0 Å². The van der Waals surface area contributed by atoms with E-state index in [1.807, 2.05) is 24.4 Å². The van der Waals surface area contributed by atoms with Crippen molar-refractivity contribution in [3.63, 3.8) is 0 Å². The molecule has 3 heterocycles. The number of methoxy groups -OCH3 is 1. The molecule has 164 valence electrons. The summed E-state index contributed by atoms with van der Waals surface area (Å²) < 4.78 is 5.59. The monoisotopic (exact) mass is 426 g/mol. The normalized spacial score (nSPS) is 16.6. The number of aromatic nitrogens is 1. The standard InChI is InChI=1S/C27H30N4O/c1-31-15-12-20(13-16-31)19-7-9-22(10-8-19)29-27-24-18-28-14-11-21(24)17-25(30-27)23-5-3-4-6-26(23)32-2/h3-10,14,17,20H,11-13,15-16,18H2,1-2H3,(H,29,30). The first-order valence-corrected chi connectivity index (χ1v) is 11.4. The van der Waals surface area contributed by atoms with E-state index in [1.165, 1.54) is 42.6 Å². The third-order valence-corrected chi connectivity index (χ3v) is 6.65. The van der Waals surface area contributed by atoms with Crippen molar-refractivity contribution in [2.75, 3.05) is 32.6 Å². The van der Waals surface area contributed by atoms with Gasteiger partial charge in [-0.05, 0) is 80.4 Å². The third-order valence-electron chi connectivity index (χ3n) is 6.65. The number of para-hydroxylation sites is 1. The van der Waals surface area contributed by atoms with E-state index >= 15 is 0 Å². The Kier molecular flexibility index (Phi) is 5.91. The van der Waals surface area contributed by atoms with Gasteiger partial charge in [-0.15, -0.1) is 0 Å². The van der Waals surface area contributed by atoms with Gasteiger partial charge >= 0.3 is 0 Å². The van der Waals surface area contributed by atoms with Gasteiger partial charge in [-0.25, -0.2) is 4.98 Å². The summed E-state index contributed by atoms with van der Waals surface area (Å²) in [6, 6.07) is 19.1. The zero-order chi connectivity index (χ0) is 21.9. The third kappa shape index (κ3) is 4.26. The maximum absolute atomic E-state index is 5.59. The largest absolute Gasteiger partial charge is 0.496 e. The number of pyridine rings is 1. The fourth-order valence-corrected chi connectivity index (χ4v) is 4.72. The van der Waals surface area contributed by atoms with Gasteiger partial charge in [0.1, 0.15) is 11.6 Å².